The molecule has 124 valence electrons. The van der Waals surface area contributed by atoms with Crippen LogP contribution in [0.4, 0.5) is 0 Å². The molecule has 0 saturated carbocycles. The molecule has 3 rings (SSSR count). The van der Waals surface area contributed by atoms with Gasteiger partial charge in [0.05, 0.1) is 11.2 Å². The number of benzene rings is 2. The van der Waals surface area contributed by atoms with Crippen LogP contribution in [0.15, 0.2) is 54.6 Å². The van der Waals surface area contributed by atoms with Gasteiger partial charge in [0.1, 0.15) is 0 Å². The Labute approximate surface area is 144 Å². The zero-order chi connectivity index (χ0) is 17.4. The van der Waals surface area contributed by atoms with Gasteiger partial charge in [-0.3, -0.25) is 4.79 Å². The summed E-state index contributed by atoms with van der Waals surface area (Å²) in [5, 5.41) is 0. The van der Waals surface area contributed by atoms with E-state index in [1.165, 1.54) is 0 Å². The van der Waals surface area contributed by atoms with Gasteiger partial charge in [0.25, 0.3) is 0 Å². The zero-order valence-corrected chi connectivity index (χ0v) is 14.7. The largest absolute Gasteiger partial charge is 0.494 e. The quantitative estimate of drug-likeness (QED) is 0.639. The van der Waals surface area contributed by atoms with E-state index in [1.54, 1.807) is 0 Å². The highest BCUT2D eigenvalue weighted by Crippen LogP contribution is 2.36. The predicted octanol–water partition coefficient (Wildman–Crippen LogP) is 3.41. The van der Waals surface area contributed by atoms with Crippen LogP contribution in [0.25, 0.3) is 0 Å². The molecule has 24 heavy (non-hydrogen) atoms. The molecule has 2 aromatic carbocycles. The Kier molecular flexibility index (Phi) is 4.37. The monoisotopic (exact) mass is 322 g/mol. The molecule has 0 spiro atoms. The molecule has 4 heteroatoms. The number of rotatable bonds is 4. The molecule has 1 aliphatic heterocycles. The lowest BCUT2D eigenvalue weighted by Gasteiger charge is -2.32. The third-order valence-electron chi connectivity index (χ3n) is 4.94. The summed E-state index contributed by atoms with van der Waals surface area (Å²) in [6.45, 7) is 8.10. The highest BCUT2D eigenvalue weighted by atomic mass is 16.7. The van der Waals surface area contributed by atoms with Crippen LogP contribution in [0, 0.1) is 0 Å². The molecule has 0 bridgehead atoms. The fourth-order valence-electron chi connectivity index (χ4n) is 2.72. The first-order valence-corrected chi connectivity index (χ1v) is 8.31. The standard InChI is InChI=1S/C20H23BO3/c1-19(2)20(3,4)24-21(23-19)17-12-8-11-16(14-17)18(22)13-15-9-6-5-7-10-15/h5-12,14H,13H2,1-4H3. The Morgan fingerprint density at radius 3 is 2.17 bits per heavy atom. The van der Waals surface area contributed by atoms with Crippen LogP contribution in [0.2, 0.25) is 0 Å². The van der Waals surface area contributed by atoms with Crippen molar-refractivity contribution in [2.24, 2.45) is 0 Å². The zero-order valence-electron chi connectivity index (χ0n) is 14.7. The molecule has 0 aliphatic carbocycles. The lowest BCUT2D eigenvalue weighted by atomic mass is 9.78. The van der Waals surface area contributed by atoms with Crippen LogP contribution in [-0.4, -0.2) is 24.1 Å². The van der Waals surface area contributed by atoms with Crippen molar-refractivity contribution in [1.29, 1.82) is 0 Å². The van der Waals surface area contributed by atoms with Gasteiger partial charge < -0.3 is 9.31 Å². The first-order chi connectivity index (χ1) is 11.3. The number of Topliss-reactive ketones (excluding diaryl/α,β-unsaturated/α-hetero) is 1. The second kappa shape index (κ2) is 6.19. The summed E-state index contributed by atoms with van der Waals surface area (Å²) in [5.74, 6) is 0.0968. The van der Waals surface area contributed by atoms with Gasteiger partial charge in [-0.25, -0.2) is 0 Å². The van der Waals surface area contributed by atoms with Crippen molar-refractivity contribution < 1.29 is 14.1 Å². The lowest BCUT2D eigenvalue weighted by molar-refractivity contribution is 0.00578. The minimum Gasteiger partial charge on any atom is -0.399 e. The number of ketones is 1. The summed E-state index contributed by atoms with van der Waals surface area (Å²) in [5.41, 5.74) is 1.81. The van der Waals surface area contributed by atoms with Gasteiger partial charge in [0.2, 0.25) is 0 Å². The van der Waals surface area contributed by atoms with Crippen LogP contribution in [0.3, 0.4) is 0 Å². The molecule has 0 atom stereocenters. The molecule has 0 amide bonds. The van der Waals surface area contributed by atoms with Crippen LogP contribution in [0.1, 0.15) is 43.6 Å². The summed E-state index contributed by atoms with van der Waals surface area (Å²) < 4.78 is 12.1. The molecule has 0 radical (unpaired) electrons. The Balaban J connectivity index is 1.79. The predicted molar refractivity (Wildman–Crippen MR) is 96.6 cm³/mol. The smallest absolute Gasteiger partial charge is 0.399 e. The average Bonchev–Trinajstić information content (AvgIpc) is 2.76. The molecule has 3 nitrogen and oxygen atoms in total. The molecule has 1 heterocycles. The summed E-state index contributed by atoms with van der Waals surface area (Å²) in [6, 6.07) is 17.3. The molecule has 1 aliphatic rings. The van der Waals surface area contributed by atoms with Gasteiger partial charge in [0.15, 0.2) is 5.78 Å². The van der Waals surface area contributed by atoms with Gasteiger partial charge in [-0.1, -0.05) is 54.6 Å². The fourth-order valence-corrected chi connectivity index (χ4v) is 2.72. The Morgan fingerprint density at radius 2 is 1.54 bits per heavy atom. The Bertz CT molecular complexity index is 722. The molecule has 0 N–H and O–H groups in total. The highest BCUT2D eigenvalue weighted by molar-refractivity contribution is 6.62. The van der Waals surface area contributed by atoms with Crippen molar-refractivity contribution in [3.63, 3.8) is 0 Å². The maximum absolute atomic E-state index is 12.6. The van der Waals surface area contributed by atoms with Crippen molar-refractivity contribution in [2.45, 2.75) is 45.3 Å². The first kappa shape index (κ1) is 16.9. The minimum absolute atomic E-state index is 0.0968. The van der Waals surface area contributed by atoms with Crippen LogP contribution in [0.5, 0.6) is 0 Å². The van der Waals surface area contributed by atoms with Gasteiger partial charge in [-0.05, 0) is 38.7 Å². The summed E-state index contributed by atoms with van der Waals surface area (Å²) in [7, 11) is -0.445. The van der Waals surface area contributed by atoms with E-state index in [4.69, 9.17) is 9.31 Å². The number of hydrogen-bond donors (Lipinski definition) is 0. The van der Waals surface area contributed by atoms with E-state index in [0.717, 1.165) is 11.0 Å². The van der Waals surface area contributed by atoms with E-state index in [1.807, 2.05) is 82.3 Å². The third-order valence-corrected chi connectivity index (χ3v) is 4.94. The second-order valence-electron chi connectivity index (χ2n) is 7.30. The Morgan fingerprint density at radius 1 is 0.917 bits per heavy atom. The van der Waals surface area contributed by atoms with Crippen molar-refractivity contribution in [2.75, 3.05) is 0 Å². The topological polar surface area (TPSA) is 35.5 Å². The molecular formula is C20H23BO3. The van der Waals surface area contributed by atoms with E-state index in [2.05, 4.69) is 0 Å². The number of hydrogen-bond acceptors (Lipinski definition) is 3. The van der Waals surface area contributed by atoms with Crippen molar-refractivity contribution in [3.05, 3.63) is 65.7 Å². The van der Waals surface area contributed by atoms with Gasteiger partial charge >= 0.3 is 7.12 Å². The van der Waals surface area contributed by atoms with E-state index >= 15 is 0 Å². The van der Waals surface area contributed by atoms with Gasteiger partial charge in [-0.2, -0.15) is 0 Å². The molecule has 0 aromatic heterocycles. The summed E-state index contributed by atoms with van der Waals surface area (Å²) in [4.78, 5) is 12.6. The fraction of sp³-hybridized carbons (Fsp3) is 0.350. The first-order valence-electron chi connectivity index (χ1n) is 8.31. The van der Waals surface area contributed by atoms with Crippen molar-refractivity contribution in [1.82, 2.24) is 0 Å². The van der Waals surface area contributed by atoms with E-state index in [9.17, 15) is 4.79 Å². The lowest BCUT2D eigenvalue weighted by Crippen LogP contribution is -2.41. The minimum atomic E-state index is -0.445. The third kappa shape index (κ3) is 3.30. The van der Waals surface area contributed by atoms with E-state index < -0.39 is 7.12 Å². The Hall–Kier alpha value is -1.91. The van der Waals surface area contributed by atoms with Crippen LogP contribution < -0.4 is 5.46 Å². The van der Waals surface area contributed by atoms with Gasteiger partial charge in [-0.15, -0.1) is 0 Å². The summed E-state index contributed by atoms with van der Waals surface area (Å²) in [6.07, 6.45) is 0.396. The molecular weight excluding hydrogens is 299 g/mol. The number of carbonyl (C=O) groups excluding carboxylic acids is 1. The molecule has 2 aromatic rings. The van der Waals surface area contributed by atoms with E-state index in [-0.39, 0.29) is 17.0 Å². The van der Waals surface area contributed by atoms with Crippen LogP contribution in [-0.2, 0) is 15.7 Å². The highest BCUT2D eigenvalue weighted by Gasteiger charge is 2.51. The molecule has 1 fully saturated rings. The molecule has 1 saturated heterocycles. The van der Waals surface area contributed by atoms with Gasteiger partial charge in [0, 0.05) is 12.0 Å². The van der Waals surface area contributed by atoms with Crippen molar-refractivity contribution >= 4 is 18.4 Å². The number of carbonyl (C=O) groups is 1. The second-order valence-corrected chi connectivity index (χ2v) is 7.30. The maximum atomic E-state index is 12.6. The summed E-state index contributed by atoms with van der Waals surface area (Å²) >= 11 is 0. The SMILES string of the molecule is CC1(C)OB(c2cccc(C(=O)Cc3ccccc3)c2)OC1(C)C. The van der Waals surface area contributed by atoms with E-state index in [0.29, 0.717) is 12.0 Å². The normalized spacial score (nSPS) is 18.6. The maximum Gasteiger partial charge on any atom is 0.494 e. The van der Waals surface area contributed by atoms with Crippen LogP contribution >= 0.6 is 0 Å². The van der Waals surface area contributed by atoms with Crippen molar-refractivity contribution in [3.8, 4) is 0 Å². The molecule has 0 unspecified atom stereocenters. The average molecular weight is 322 g/mol.